The molecule has 2 N–H and O–H groups in total. The average Bonchev–Trinajstić information content (AvgIpc) is 2.84. The van der Waals surface area contributed by atoms with E-state index in [1.807, 2.05) is 10.6 Å². The topological polar surface area (TPSA) is 58.0 Å². The molecule has 0 saturated carbocycles. The number of nitrogens with zero attached hydrogens (tertiary/aromatic N) is 3. The number of benzene rings is 1. The Balaban J connectivity index is 2.02. The van der Waals surface area contributed by atoms with Gasteiger partial charge in [0, 0.05) is 18.7 Å². The van der Waals surface area contributed by atoms with Crippen LogP contribution in [0.1, 0.15) is 31.5 Å². The average molecular weight is 326 g/mol. The largest absolute Gasteiger partial charge is 0.396 e. The minimum atomic E-state index is -0.264. The van der Waals surface area contributed by atoms with Gasteiger partial charge >= 0.3 is 0 Å². The Morgan fingerprint density at radius 1 is 1.25 bits per heavy atom. The summed E-state index contributed by atoms with van der Waals surface area (Å²) in [4.78, 5) is 2.25. The third-order valence-electron chi connectivity index (χ3n) is 4.67. The van der Waals surface area contributed by atoms with Gasteiger partial charge < -0.3 is 15.2 Å². The summed E-state index contributed by atoms with van der Waals surface area (Å²) in [5.74, 6) is 1.71. The highest BCUT2D eigenvalue weighted by Crippen LogP contribution is 2.33. The smallest absolute Gasteiger partial charge is 0.133 e. The first-order valence-electron chi connectivity index (χ1n) is 8.37. The van der Waals surface area contributed by atoms with Crippen LogP contribution in [-0.2, 0) is 6.54 Å². The Morgan fingerprint density at radius 2 is 1.92 bits per heavy atom. The van der Waals surface area contributed by atoms with E-state index in [0.717, 1.165) is 18.9 Å². The van der Waals surface area contributed by atoms with Crippen molar-refractivity contribution >= 4 is 11.5 Å². The number of aromatic nitrogens is 1. The molecular formula is C19H23FN4. The Kier molecular flexibility index (Phi) is 4.48. The zero-order valence-corrected chi connectivity index (χ0v) is 14.2. The van der Waals surface area contributed by atoms with Crippen LogP contribution >= 0.6 is 0 Å². The molecule has 126 valence electrons. The van der Waals surface area contributed by atoms with E-state index in [9.17, 15) is 9.65 Å². The van der Waals surface area contributed by atoms with E-state index in [0.29, 0.717) is 35.3 Å². The number of halogens is 1. The lowest BCUT2D eigenvalue weighted by atomic mass is 9.92. The number of nitrogens with two attached hydrogens (primary N) is 1. The third kappa shape index (κ3) is 3.09. The normalized spacial score (nSPS) is 20.8. The van der Waals surface area contributed by atoms with Crippen molar-refractivity contribution in [3.05, 3.63) is 47.4 Å². The van der Waals surface area contributed by atoms with Crippen molar-refractivity contribution in [1.29, 1.82) is 5.26 Å². The number of anilines is 2. The molecule has 1 aliphatic heterocycles. The lowest BCUT2D eigenvalue weighted by molar-refractivity contribution is 0.353. The fourth-order valence-electron chi connectivity index (χ4n) is 3.80. The number of nitriles is 1. The molecule has 4 nitrogen and oxygen atoms in total. The van der Waals surface area contributed by atoms with Crippen molar-refractivity contribution < 1.29 is 4.39 Å². The maximum absolute atomic E-state index is 14.1. The minimum absolute atomic E-state index is 0.264. The van der Waals surface area contributed by atoms with E-state index < -0.39 is 0 Å². The molecule has 5 heteroatoms. The van der Waals surface area contributed by atoms with Crippen LogP contribution < -0.4 is 10.6 Å². The first-order valence-corrected chi connectivity index (χ1v) is 8.37. The lowest BCUT2D eigenvalue weighted by Crippen LogP contribution is -2.40. The molecule has 0 unspecified atom stereocenters. The molecule has 1 aromatic heterocycles. The summed E-state index contributed by atoms with van der Waals surface area (Å²) in [6.45, 7) is 6.57. The van der Waals surface area contributed by atoms with E-state index in [2.05, 4.69) is 24.8 Å². The zero-order valence-electron chi connectivity index (χ0n) is 14.2. The number of rotatable bonds is 3. The summed E-state index contributed by atoms with van der Waals surface area (Å²) < 4.78 is 15.9. The molecule has 1 saturated heterocycles. The van der Waals surface area contributed by atoms with Gasteiger partial charge in [0.2, 0.25) is 0 Å². The van der Waals surface area contributed by atoms with Gasteiger partial charge in [-0.1, -0.05) is 32.0 Å². The Bertz CT molecular complexity index is 764. The lowest BCUT2D eigenvalue weighted by Gasteiger charge is -2.37. The molecule has 0 radical (unpaired) electrons. The second-order valence-corrected chi connectivity index (χ2v) is 6.95. The fourth-order valence-corrected chi connectivity index (χ4v) is 3.80. The molecule has 3 rings (SSSR count). The predicted molar refractivity (Wildman–Crippen MR) is 94.2 cm³/mol. The first kappa shape index (κ1) is 16.4. The van der Waals surface area contributed by atoms with Crippen LogP contribution in [0.15, 0.2) is 30.3 Å². The standard InChI is InChI=1S/C19H23FN4/c1-13-7-14(2)11-23(10-13)19-18(22)8-16(9-21)24(19)12-15-5-3-4-6-17(15)20/h3-6,8,13-14H,7,10-12,22H2,1-2H3/t13-,14-/m0/s1. The Labute approximate surface area is 142 Å². The van der Waals surface area contributed by atoms with Crippen LogP contribution in [-0.4, -0.2) is 17.7 Å². The molecule has 2 aromatic rings. The van der Waals surface area contributed by atoms with Crippen LogP contribution in [0.5, 0.6) is 0 Å². The second-order valence-electron chi connectivity index (χ2n) is 6.95. The minimum Gasteiger partial charge on any atom is -0.396 e. The van der Waals surface area contributed by atoms with Gasteiger partial charge in [0.15, 0.2) is 0 Å². The summed E-state index contributed by atoms with van der Waals surface area (Å²) in [5, 5.41) is 9.47. The van der Waals surface area contributed by atoms with Crippen LogP contribution in [0.25, 0.3) is 0 Å². The van der Waals surface area contributed by atoms with Crippen molar-refractivity contribution in [2.45, 2.75) is 26.8 Å². The SMILES string of the molecule is C[C@H]1C[C@H](C)CN(c2c(N)cc(C#N)n2Cc2ccccc2F)C1. The van der Waals surface area contributed by atoms with Gasteiger partial charge in [0.1, 0.15) is 23.4 Å². The van der Waals surface area contributed by atoms with Gasteiger partial charge in [-0.15, -0.1) is 0 Å². The van der Waals surface area contributed by atoms with E-state index in [1.54, 1.807) is 18.2 Å². The Hall–Kier alpha value is -2.48. The van der Waals surface area contributed by atoms with Gasteiger partial charge in [-0.2, -0.15) is 5.26 Å². The molecule has 0 bridgehead atoms. The Morgan fingerprint density at radius 3 is 2.54 bits per heavy atom. The van der Waals surface area contributed by atoms with Gasteiger partial charge in [-0.3, -0.25) is 0 Å². The van der Waals surface area contributed by atoms with Crippen LogP contribution in [0.4, 0.5) is 15.9 Å². The van der Waals surface area contributed by atoms with E-state index >= 15 is 0 Å². The van der Waals surface area contributed by atoms with Gasteiger partial charge in [-0.25, -0.2) is 4.39 Å². The highest BCUT2D eigenvalue weighted by atomic mass is 19.1. The molecule has 2 atom stereocenters. The molecule has 2 heterocycles. The van der Waals surface area contributed by atoms with Gasteiger partial charge in [-0.05, 0) is 30.4 Å². The maximum Gasteiger partial charge on any atom is 0.133 e. The first-order chi connectivity index (χ1) is 11.5. The van der Waals surface area contributed by atoms with E-state index in [-0.39, 0.29) is 5.82 Å². The molecule has 0 aliphatic carbocycles. The monoisotopic (exact) mass is 326 g/mol. The maximum atomic E-state index is 14.1. The molecule has 0 spiro atoms. The number of nitrogen functional groups attached to an aromatic ring is 1. The summed E-state index contributed by atoms with van der Waals surface area (Å²) in [6.07, 6.45) is 1.19. The van der Waals surface area contributed by atoms with Crippen molar-refractivity contribution in [2.24, 2.45) is 11.8 Å². The van der Waals surface area contributed by atoms with Crippen LogP contribution in [0.3, 0.4) is 0 Å². The number of hydrogen-bond acceptors (Lipinski definition) is 3. The van der Waals surface area contributed by atoms with Crippen molar-refractivity contribution in [3.63, 3.8) is 0 Å². The molecule has 1 fully saturated rings. The quantitative estimate of drug-likeness (QED) is 0.937. The third-order valence-corrected chi connectivity index (χ3v) is 4.67. The van der Waals surface area contributed by atoms with Crippen LogP contribution in [0, 0.1) is 29.0 Å². The highest BCUT2D eigenvalue weighted by molar-refractivity contribution is 5.68. The van der Waals surface area contributed by atoms with Crippen molar-refractivity contribution in [2.75, 3.05) is 23.7 Å². The summed E-state index contributed by atoms with van der Waals surface area (Å²) in [5.41, 5.74) is 7.84. The summed E-state index contributed by atoms with van der Waals surface area (Å²) in [7, 11) is 0. The highest BCUT2D eigenvalue weighted by Gasteiger charge is 2.27. The number of hydrogen-bond donors (Lipinski definition) is 1. The molecule has 1 aliphatic rings. The van der Waals surface area contributed by atoms with Gasteiger partial charge in [0.25, 0.3) is 0 Å². The van der Waals surface area contributed by atoms with E-state index in [1.165, 1.54) is 12.5 Å². The fraction of sp³-hybridized carbons (Fsp3) is 0.421. The number of piperidine rings is 1. The predicted octanol–water partition coefficient (Wildman–Crippen LogP) is 3.61. The second kappa shape index (κ2) is 6.56. The van der Waals surface area contributed by atoms with Crippen molar-refractivity contribution in [1.82, 2.24) is 4.57 Å². The molecular weight excluding hydrogens is 303 g/mol. The van der Waals surface area contributed by atoms with E-state index in [4.69, 9.17) is 5.73 Å². The van der Waals surface area contributed by atoms with Gasteiger partial charge in [0.05, 0.1) is 12.2 Å². The summed E-state index contributed by atoms with van der Waals surface area (Å²) >= 11 is 0. The zero-order chi connectivity index (χ0) is 17.3. The molecule has 1 aromatic carbocycles. The molecule has 24 heavy (non-hydrogen) atoms. The molecule has 0 amide bonds. The summed E-state index contributed by atoms with van der Waals surface area (Å²) in [6, 6.07) is 10.6. The van der Waals surface area contributed by atoms with Crippen LogP contribution in [0.2, 0.25) is 0 Å². The van der Waals surface area contributed by atoms with Crippen molar-refractivity contribution in [3.8, 4) is 6.07 Å².